The highest BCUT2D eigenvalue weighted by molar-refractivity contribution is 9.09. The quantitative estimate of drug-likeness (QED) is 0.468. The average Bonchev–Trinajstić information content (AvgIpc) is 1.63. The topological polar surface area (TPSA) is 12.4 Å². The Morgan fingerprint density at radius 3 is 2.56 bits per heavy atom. The normalized spacial score (nSPS) is 16.7. The van der Waals surface area contributed by atoms with Crippen molar-refractivity contribution in [2.24, 2.45) is 4.99 Å². The zero-order valence-electron chi connectivity index (χ0n) is 6.06. The van der Waals surface area contributed by atoms with Gasteiger partial charge in [-0.2, -0.15) is 0 Å². The molecule has 0 aromatic carbocycles. The molecule has 0 bridgehead atoms. The zero-order valence-corrected chi connectivity index (χ0v) is 7.64. The Labute approximate surface area is 65.0 Å². The summed E-state index contributed by atoms with van der Waals surface area (Å²) in [6, 6.07) is 0. The van der Waals surface area contributed by atoms with Gasteiger partial charge in [-0.1, -0.05) is 22.0 Å². The van der Waals surface area contributed by atoms with E-state index in [-0.39, 0.29) is 0 Å². The molecule has 0 aliphatic rings. The molecule has 0 aliphatic carbocycles. The molecular formula is C7H12BrN. The number of allylic oxidation sites excluding steroid dienone is 2. The number of nitrogens with zero attached hydrogens (tertiary/aromatic N) is 1. The Kier molecular flexibility index (Phi) is 4.68. The van der Waals surface area contributed by atoms with E-state index >= 15 is 0 Å². The molecule has 0 aromatic heterocycles. The van der Waals surface area contributed by atoms with Crippen LogP contribution in [0.25, 0.3) is 0 Å². The predicted octanol–water partition coefficient (Wildman–Crippen LogP) is 2.42. The molecule has 0 radical (unpaired) electrons. The summed E-state index contributed by atoms with van der Waals surface area (Å²) in [7, 11) is 1.77. The van der Waals surface area contributed by atoms with Crippen molar-refractivity contribution >= 4 is 22.1 Å². The Bertz CT molecular complexity index is 125. The fraction of sp³-hybridized carbons (Fsp3) is 0.571. The van der Waals surface area contributed by atoms with Crippen LogP contribution in [0.2, 0.25) is 0 Å². The number of halogens is 1. The number of hydrogen-bond donors (Lipinski definition) is 0. The highest BCUT2D eigenvalue weighted by Gasteiger charge is 1.87. The van der Waals surface area contributed by atoms with Crippen LogP contribution in [0, 0.1) is 0 Å². The third kappa shape index (κ3) is 5.77. The lowest BCUT2D eigenvalue weighted by Gasteiger charge is -1.92. The van der Waals surface area contributed by atoms with Crippen LogP contribution in [0.5, 0.6) is 0 Å². The summed E-state index contributed by atoms with van der Waals surface area (Å²) in [4.78, 5) is 4.31. The lowest BCUT2D eigenvalue weighted by atomic mass is 10.3. The molecule has 0 fully saturated rings. The number of alkyl halides is 1. The third-order valence-corrected chi connectivity index (χ3v) is 1.09. The van der Waals surface area contributed by atoms with E-state index in [2.05, 4.69) is 33.9 Å². The van der Waals surface area contributed by atoms with Crippen LogP contribution in [-0.4, -0.2) is 18.1 Å². The van der Waals surface area contributed by atoms with Gasteiger partial charge in [-0.25, -0.2) is 0 Å². The number of hydrogen-bond acceptors (Lipinski definition) is 1. The van der Waals surface area contributed by atoms with Gasteiger partial charge in [-0.3, -0.25) is 4.99 Å². The maximum Gasteiger partial charge on any atom is 0.0303 e. The van der Waals surface area contributed by atoms with Crippen LogP contribution in [-0.2, 0) is 0 Å². The highest BCUT2D eigenvalue weighted by Crippen LogP contribution is 2.01. The molecule has 0 aromatic rings. The minimum absolute atomic E-state index is 0.440. The molecule has 1 nitrogen and oxygen atoms in total. The molecule has 1 atom stereocenters. The standard InChI is InChI=1S/C7H12BrN/c1-6(5-9-3)4-7(2)8/h4-5,7H,1-3H3/b6-4-,9-5?. The molecule has 0 aliphatic heterocycles. The van der Waals surface area contributed by atoms with Crippen LogP contribution < -0.4 is 0 Å². The van der Waals surface area contributed by atoms with Gasteiger partial charge in [-0.15, -0.1) is 0 Å². The fourth-order valence-corrected chi connectivity index (χ4v) is 1.03. The molecule has 0 N–H and O–H groups in total. The molecular weight excluding hydrogens is 178 g/mol. The molecule has 0 amide bonds. The molecule has 1 unspecified atom stereocenters. The van der Waals surface area contributed by atoms with Crippen molar-refractivity contribution < 1.29 is 0 Å². The zero-order chi connectivity index (χ0) is 7.28. The van der Waals surface area contributed by atoms with Crippen molar-refractivity contribution in [1.82, 2.24) is 0 Å². The van der Waals surface area contributed by atoms with Gasteiger partial charge < -0.3 is 0 Å². The first-order valence-corrected chi connectivity index (χ1v) is 3.83. The highest BCUT2D eigenvalue weighted by atomic mass is 79.9. The number of rotatable bonds is 2. The Morgan fingerprint density at radius 1 is 1.67 bits per heavy atom. The van der Waals surface area contributed by atoms with E-state index in [9.17, 15) is 0 Å². The van der Waals surface area contributed by atoms with E-state index in [0.29, 0.717) is 4.83 Å². The molecule has 0 saturated heterocycles. The van der Waals surface area contributed by atoms with Gasteiger partial charge in [0.1, 0.15) is 0 Å². The first-order valence-electron chi connectivity index (χ1n) is 2.91. The van der Waals surface area contributed by atoms with Crippen LogP contribution in [0.1, 0.15) is 13.8 Å². The summed E-state index contributed by atoms with van der Waals surface area (Å²) in [6.07, 6.45) is 3.95. The predicted molar refractivity (Wildman–Crippen MR) is 46.6 cm³/mol. The van der Waals surface area contributed by atoms with Crippen molar-refractivity contribution in [3.05, 3.63) is 11.6 Å². The van der Waals surface area contributed by atoms with Gasteiger partial charge in [0, 0.05) is 18.1 Å². The van der Waals surface area contributed by atoms with Gasteiger partial charge in [0.15, 0.2) is 0 Å². The summed E-state index contributed by atoms with van der Waals surface area (Å²) in [6.45, 7) is 4.11. The minimum atomic E-state index is 0.440. The Hall–Kier alpha value is -0.110. The van der Waals surface area contributed by atoms with Crippen LogP contribution >= 0.6 is 15.9 Å². The molecule has 0 rings (SSSR count). The first-order chi connectivity index (χ1) is 4.16. The van der Waals surface area contributed by atoms with Crippen LogP contribution in [0.15, 0.2) is 16.6 Å². The lowest BCUT2D eigenvalue weighted by molar-refractivity contribution is 1.25. The van der Waals surface area contributed by atoms with E-state index < -0.39 is 0 Å². The summed E-state index contributed by atoms with van der Waals surface area (Å²) < 4.78 is 0. The minimum Gasteiger partial charge on any atom is -0.296 e. The SMILES string of the molecule is CN=C/C(C)=C\C(C)Br. The second-order valence-corrected chi connectivity index (χ2v) is 3.42. The van der Waals surface area contributed by atoms with Gasteiger partial charge in [0.05, 0.1) is 0 Å². The van der Waals surface area contributed by atoms with Crippen LogP contribution in [0.3, 0.4) is 0 Å². The Balaban J connectivity index is 3.84. The molecule has 0 saturated carbocycles. The monoisotopic (exact) mass is 189 g/mol. The van der Waals surface area contributed by atoms with Crippen molar-refractivity contribution in [3.63, 3.8) is 0 Å². The molecule has 0 heterocycles. The van der Waals surface area contributed by atoms with Gasteiger partial charge in [0.25, 0.3) is 0 Å². The molecule has 2 heteroatoms. The van der Waals surface area contributed by atoms with Gasteiger partial charge in [0.2, 0.25) is 0 Å². The maximum atomic E-state index is 3.87. The van der Waals surface area contributed by atoms with Crippen LogP contribution in [0.4, 0.5) is 0 Å². The van der Waals surface area contributed by atoms with Crippen molar-refractivity contribution in [1.29, 1.82) is 0 Å². The van der Waals surface area contributed by atoms with Crippen molar-refractivity contribution in [2.75, 3.05) is 7.05 Å². The summed E-state index contributed by atoms with van der Waals surface area (Å²) in [5.74, 6) is 0. The van der Waals surface area contributed by atoms with E-state index in [1.54, 1.807) is 7.05 Å². The van der Waals surface area contributed by atoms with E-state index in [1.165, 1.54) is 5.57 Å². The van der Waals surface area contributed by atoms with Gasteiger partial charge in [-0.05, 0) is 19.4 Å². The van der Waals surface area contributed by atoms with Gasteiger partial charge >= 0.3 is 0 Å². The summed E-state index contributed by atoms with van der Waals surface area (Å²) in [5, 5.41) is 0. The molecule has 0 spiro atoms. The average molecular weight is 190 g/mol. The third-order valence-electron chi connectivity index (χ3n) is 0.825. The van der Waals surface area contributed by atoms with E-state index in [0.717, 1.165) is 0 Å². The fourth-order valence-electron chi connectivity index (χ4n) is 0.609. The second-order valence-electron chi connectivity index (χ2n) is 1.98. The summed E-state index contributed by atoms with van der Waals surface area (Å²) in [5.41, 5.74) is 1.20. The largest absolute Gasteiger partial charge is 0.296 e. The lowest BCUT2D eigenvalue weighted by Crippen LogP contribution is -1.85. The molecule has 52 valence electrons. The van der Waals surface area contributed by atoms with Crippen molar-refractivity contribution in [3.8, 4) is 0 Å². The maximum absolute atomic E-state index is 3.87. The van der Waals surface area contributed by atoms with E-state index in [4.69, 9.17) is 0 Å². The second kappa shape index (κ2) is 4.74. The first kappa shape index (κ1) is 8.89. The van der Waals surface area contributed by atoms with E-state index in [1.807, 2.05) is 13.1 Å². The number of aliphatic imine (C=N–C) groups is 1. The van der Waals surface area contributed by atoms with Crippen molar-refractivity contribution in [2.45, 2.75) is 18.7 Å². The summed E-state index contributed by atoms with van der Waals surface area (Å²) >= 11 is 3.41. The smallest absolute Gasteiger partial charge is 0.0303 e. The Morgan fingerprint density at radius 2 is 2.22 bits per heavy atom. The molecule has 9 heavy (non-hydrogen) atoms.